The molecule has 4 unspecified atom stereocenters. The predicted molar refractivity (Wildman–Crippen MR) is 143 cm³/mol. The Hall–Kier alpha value is -3.70. The zero-order valence-electron chi connectivity index (χ0n) is 21.8. The van der Waals surface area contributed by atoms with Crippen molar-refractivity contribution in [2.75, 3.05) is 24.7 Å². The number of halogens is 1. The number of anilines is 1. The molecule has 0 bridgehead atoms. The van der Waals surface area contributed by atoms with Crippen LogP contribution in [0.1, 0.15) is 40.8 Å². The lowest BCUT2D eigenvalue weighted by atomic mass is 10.1. The van der Waals surface area contributed by atoms with Crippen molar-refractivity contribution in [1.29, 1.82) is 0 Å². The van der Waals surface area contributed by atoms with E-state index in [1.807, 2.05) is 0 Å². The lowest BCUT2D eigenvalue weighted by molar-refractivity contribution is -0.0237. The van der Waals surface area contributed by atoms with E-state index in [2.05, 4.69) is 10.3 Å². The fourth-order valence-electron chi connectivity index (χ4n) is 4.18. The minimum Gasteiger partial charge on any atom is -0.453 e. The molecule has 1 N–H and O–H groups in total. The van der Waals surface area contributed by atoms with Crippen LogP contribution >= 0.6 is 7.60 Å². The van der Waals surface area contributed by atoms with E-state index in [0.29, 0.717) is 5.56 Å². The van der Waals surface area contributed by atoms with Gasteiger partial charge in [0.15, 0.2) is 18.5 Å². The third-order valence-corrected chi connectivity index (χ3v) is 8.07. The molecule has 1 saturated heterocycles. The number of hydrogen-bond donors (Lipinski definition) is 1. The van der Waals surface area contributed by atoms with Crippen molar-refractivity contribution in [3.8, 4) is 0 Å². The Labute approximate surface area is 229 Å². The normalized spacial score (nSPS) is 20.7. The molecule has 1 amide bonds. The molecule has 4 rings (SSSR count). The molecule has 1 aliphatic rings. The maximum atomic E-state index is 15.9. The van der Waals surface area contributed by atoms with Gasteiger partial charge in [0.2, 0.25) is 0 Å². The topological polar surface area (TPSA) is 135 Å². The van der Waals surface area contributed by atoms with Crippen molar-refractivity contribution in [3.05, 3.63) is 94.5 Å². The fourth-order valence-corrected chi connectivity index (χ4v) is 5.99. The predicted octanol–water partition coefficient (Wildman–Crippen LogP) is 4.22. The number of nitrogens with one attached hydrogen (secondary N) is 1. The third-order valence-electron chi connectivity index (χ3n) is 5.96. The Bertz CT molecular complexity index is 1410. The average Bonchev–Trinajstić information content (AvgIpc) is 3.23. The summed E-state index contributed by atoms with van der Waals surface area (Å²) in [4.78, 5) is 41.9. The van der Waals surface area contributed by atoms with Crippen molar-refractivity contribution in [3.63, 3.8) is 0 Å². The molecule has 4 atom stereocenters. The number of amides is 1. The number of alkyl halides is 1. The van der Waals surface area contributed by atoms with Gasteiger partial charge in [-0.3, -0.25) is 13.9 Å². The molecule has 2 heterocycles. The van der Waals surface area contributed by atoms with Crippen LogP contribution in [0.2, 0.25) is 0 Å². The Morgan fingerprint density at radius 3 is 2.17 bits per heavy atom. The van der Waals surface area contributed by atoms with Crippen LogP contribution in [-0.4, -0.2) is 59.2 Å². The zero-order chi connectivity index (χ0) is 28.7. The molecule has 0 aliphatic carbocycles. The lowest BCUT2D eigenvalue weighted by Gasteiger charge is -2.24. The standard InChI is InChI=1S/C27H29FN3O8P/c1-3-36-40(35,37-4-2)17-20-23(39-26(33)19-13-9-6-10-14-19)22(28)25(38-20)31-16-15-21(30-27(31)34)29-24(32)18-11-7-5-8-12-18/h5-16,20,22-23,25H,3-4,17H2,1-2H3,(H,29,30,32,34). The number of benzene rings is 2. The van der Waals surface area contributed by atoms with Gasteiger partial charge in [0.25, 0.3) is 5.91 Å². The number of esters is 1. The van der Waals surface area contributed by atoms with E-state index < -0.39 is 55.9 Å². The summed E-state index contributed by atoms with van der Waals surface area (Å²) in [5, 5.41) is 2.51. The highest BCUT2D eigenvalue weighted by molar-refractivity contribution is 7.53. The van der Waals surface area contributed by atoms with Gasteiger partial charge in [-0.1, -0.05) is 36.4 Å². The van der Waals surface area contributed by atoms with Crippen LogP contribution in [0.25, 0.3) is 0 Å². The Kier molecular flexibility index (Phi) is 9.59. The largest absolute Gasteiger partial charge is 0.453 e. The van der Waals surface area contributed by atoms with Crippen molar-refractivity contribution in [2.24, 2.45) is 0 Å². The Balaban J connectivity index is 1.59. The smallest absolute Gasteiger partial charge is 0.351 e. The first-order valence-corrected chi connectivity index (χ1v) is 14.4. The molecule has 212 valence electrons. The average molecular weight is 574 g/mol. The first-order chi connectivity index (χ1) is 19.2. The number of hydrogen-bond acceptors (Lipinski definition) is 9. The minimum absolute atomic E-state index is 0.0516. The molecule has 11 nitrogen and oxygen atoms in total. The van der Waals surface area contributed by atoms with E-state index in [1.165, 1.54) is 24.4 Å². The molecule has 0 radical (unpaired) electrons. The number of carbonyl (C=O) groups is 2. The van der Waals surface area contributed by atoms with Crippen molar-refractivity contribution in [1.82, 2.24) is 9.55 Å². The van der Waals surface area contributed by atoms with Crippen LogP contribution in [0.5, 0.6) is 0 Å². The summed E-state index contributed by atoms with van der Waals surface area (Å²) < 4.78 is 52.0. The monoisotopic (exact) mass is 573 g/mol. The van der Waals surface area contributed by atoms with Crippen molar-refractivity contribution >= 4 is 25.3 Å². The first-order valence-electron chi connectivity index (χ1n) is 12.6. The van der Waals surface area contributed by atoms with Crippen LogP contribution < -0.4 is 11.0 Å². The SMILES string of the molecule is CCOP(=O)(CC1OC(n2ccc(NC(=O)c3ccccc3)nc2=O)C(F)C1OC(=O)c1ccccc1)OCC. The molecular weight excluding hydrogens is 544 g/mol. The Morgan fingerprint density at radius 2 is 1.60 bits per heavy atom. The summed E-state index contributed by atoms with van der Waals surface area (Å²) in [7, 11) is -3.76. The minimum atomic E-state index is -3.76. The van der Waals surface area contributed by atoms with Gasteiger partial charge in [-0.15, -0.1) is 0 Å². The second kappa shape index (κ2) is 13.1. The summed E-state index contributed by atoms with van der Waals surface area (Å²) in [6, 6.07) is 17.6. The molecule has 1 aromatic heterocycles. The fraction of sp³-hybridized carbons (Fsp3) is 0.333. The van der Waals surface area contributed by atoms with E-state index in [1.54, 1.807) is 62.4 Å². The van der Waals surface area contributed by atoms with Gasteiger partial charge in [-0.25, -0.2) is 14.0 Å². The van der Waals surface area contributed by atoms with Crippen LogP contribution in [0.4, 0.5) is 10.2 Å². The highest BCUT2D eigenvalue weighted by Gasteiger charge is 2.51. The molecule has 1 fully saturated rings. The van der Waals surface area contributed by atoms with Gasteiger partial charge < -0.3 is 23.8 Å². The number of rotatable bonds is 11. The highest BCUT2D eigenvalue weighted by Crippen LogP contribution is 2.51. The number of nitrogens with zero attached hydrogens (tertiary/aromatic N) is 2. The molecular formula is C27H29FN3O8P. The van der Waals surface area contributed by atoms with Gasteiger partial charge in [0, 0.05) is 11.8 Å². The zero-order valence-corrected chi connectivity index (χ0v) is 22.7. The summed E-state index contributed by atoms with van der Waals surface area (Å²) in [5.74, 6) is -1.36. The van der Waals surface area contributed by atoms with Gasteiger partial charge >= 0.3 is 19.3 Å². The van der Waals surface area contributed by atoms with Gasteiger partial charge in [0.1, 0.15) is 11.9 Å². The summed E-state index contributed by atoms with van der Waals surface area (Å²) in [6.07, 6.45) is -5.66. The molecule has 40 heavy (non-hydrogen) atoms. The maximum Gasteiger partial charge on any atom is 0.351 e. The van der Waals surface area contributed by atoms with E-state index in [0.717, 1.165) is 4.57 Å². The first kappa shape index (κ1) is 29.3. The van der Waals surface area contributed by atoms with Crippen LogP contribution in [0, 0.1) is 0 Å². The molecule has 0 spiro atoms. The second-order valence-electron chi connectivity index (χ2n) is 8.70. The van der Waals surface area contributed by atoms with Gasteiger partial charge in [0.05, 0.1) is 24.9 Å². The molecule has 13 heteroatoms. The number of ether oxygens (including phenoxy) is 2. The maximum absolute atomic E-state index is 15.9. The number of aromatic nitrogens is 2. The molecule has 1 aliphatic heterocycles. The van der Waals surface area contributed by atoms with Crippen molar-refractivity contribution in [2.45, 2.75) is 38.5 Å². The second-order valence-corrected chi connectivity index (χ2v) is 10.8. The van der Waals surface area contributed by atoms with Gasteiger partial charge in [-0.2, -0.15) is 4.98 Å². The van der Waals surface area contributed by atoms with E-state index >= 15 is 4.39 Å². The summed E-state index contributed by atoms with van der Waals surface area (Å²) in [5.41, 5.74) is -0.396. The highest BCUT2D eigenvalue weighted by atomic mass is 31.2. The van der Waals surface area contributed by atoms with Crippen LogP contribution in [0.3, 0.4) is 0 Å². The quantitative estimate of drug-likeness (QED) is 0.264. The molecule has 0 saturated carbocycles. The summed E-state index contributed by atoms with van der Waals surface area (Å²) in [6.45, 7) is 3.36. The van der Waals surface area contributed by atoms with E-state index in [-0.39, 0.29) is 24.6 Å². The molecule has 3 aromatic rings. The van der Waals surface area contributed by atoms with E-state index in [9.17, 15) is 18.9 Å². The third kappa shape index (κ3) is 6.89. The van der Waals surface area contributed by atoms with Crippen LogP contribution in [0.15, 0.2) is 77.7 Å². The molecule has 2 aromatic carbocycles. The van der Waals surface area contributed by atoms with Gasteiger partial charge in [-0.05, 0) is 44.2 Å². The van der Waals surface area contributed by atoms with Crippen molar-refractivity contribution < 1.29 is 37.1 Å². The lowest BCUT2D eigenvalue weighted by Crippen LogP contribution is -2.37. The van der Waals surface area contributed by atoms with E-state index in [4.69, 9.17) is 18.5 Å². The Morgan fingerprint density at radius 1 is 1.00 bits per heavy atom. The summed E-state index contributed by atoms with van der Waals surface area (Å²) >= 11 is 0. The van der Waals surface area contributed by atoms with Crippen LogP contribution in [-0.2, 0) is 23.1 Å². The number of carbonyl (C=O) groups excluding carboxylic acids is 2.